The highest BCUT2D eigenvalue weighted by Crippen LogP contribution is 2.19. The minimum Gasteiger partial charge on any atom is -0.397 e. The number of nitrogen functional groups attached to an aromatic ring is 1. The fourth-order valence-corrected chi connectivity index (χ4v) is 1.64. The summed E-state index contributed by atoms with van der Waals surface area (Å²) in [7, 11) is 0. The molecular weight excluding hydrogens is 214 g/mol. The van der Waals surface area contributed by atoms with Gasteiger partial charge in [0.15, 0.2) is 0 Å². The lowest BCUT2D eigenvalue weighted by Crippen LogP contribution is -2.12. The number of primary amides is 1. The predicted octanol–water partition coefficient (Wildman–Crippen LogP) is 2.36. The molecule has 4 heteroatoms. The lowest BCUT2D eigenvalue weighted by Gasteiger charge is -2.10. The van der Waals surface area contributed by atoms with Crippen LogP contribution in [0.25, 0.3) is 0 Å². The number of nitrogens with one attached hydrogen (secondary N) is 1. The molecule has 0 radical (unpaired) electrons. The summed E-state index contributed by atoms with van der Waals surface area (Å²) < 4.78 is 0. The number of unbranched alkanes of at least 4 members (excludes halogenated alkanes) is 3. The maximum atomic E-state index is 11.0. The van der Waals surface area contributed by atoms with Gasteiger partial charge in [-0.1, -0.05) is 26.2 Å². The molecule has 94 valence electrons. The predicted molar refractivity (Wildman–Crippen MR) is 72.0 cm³/mol. The molecule has 1 aromatic rings. The summed E-state index contributed by atoms with van der Waals surface area (Å²) in [6, 6.07) is 5.05. The smallest absolute Gasteiger partial charge is 0.248 e. The van der Waals surface area contributed by atoms with Gasteiger partial charge in [-0.2, -0.15) is 0 Å². The van der Waals surface area contributed by atoms with Crippen molar-refractivity contribution in [2.24, 2.45) is 5.73 Å². The van der Waals surface area contributed by atoms with E-state index in [9.17, 15) is 4.79 Å². The molecule has 1 aromatic carbocycles. The second kappa shape index (κ2) is 6.78. The maximum absolute atomic E-state index is 11.0. The van der Waals surface area contributed by atoms with Gasteiger partial charge in [0.2, 0.25) is 5.91 Å². The minimum atomic E-state index is -0.431. The van der Waals surface area contributed by atoms with E-state index < -0.39 is 5.91 Å². The number of hydrogen-bond donors (Lipinski definition) is 3. The van der Waals surface area contributed by atoms with E-state index in [1.165, 1.54) is 19.3 Å². The Morgan fingerprint density at radius 1 is 1.29 bits per heavy atom. The highest BCUT2D eigenvalue weighted by Gasteiger charge is 2.04. The Hall–Kier alpha value is -1.71. The zero-order valence-corrected chi connectivity index (χ0v) is 10.3. The molecule has 0 saturated heterocycles. The summed E-state index contributed by atoms with van der Waals surface area (Å²) in [4.78, 5) is 11.0. The van der Waals surface area contributed by atoms with Gasteiger partial charge in [0, 0.05) is 12.1 Å². The molecule has 17 heavy (non-hydrogen) atoms. The molecule has 5 N–H and O–H groups in total. The normalized spacial score (nSPS) is 10.2. The number of amides is 1. The number of nitrogens with two attached hydrogens (primary N) is 2. The van der Waals surface area contributed by atoms with Crippen LogP contribution in [0.4, 0.5) is 11.4 Å². The third kappa shape index (κ3) is 4.34. The Kier molecular flexibility index (Phi) is 5.33. The molecule has 0 saturated carbocycles. The van der Waals surface area contributed by atoms with Crippen LogP contribution in [0.2, 0.25) is 0 Å². The van der Waals surface area contributed by atoms with Crippen molar-refractivity contribution >= 4 is 17.3 Å². The summed E-state index contributed by atoms with van der Waals surface area (Å²) in [5.41, 5.74) is 13.0. The Bertz CT molecular complexity index is 377. The third-order valence-corrected chi connectivity index (χ3v) is 2.68. The number of benzene rings is 1. The second-order valence-corrected chi connectivity index (χ2v) is 4.15. The number of carbonyl (C=O) groups excluding carboxylic acids is 1. The first-order valence-electron chi connectivity index (χ1n) is 6.08. The number of anilines is 2. The van der Waals surface area contributed by atoms with Gasteiger partial charge >= 0.3 is 0 Å². The van der Waals surface area contributed by atoms with Gasteiger partial charge in [-0.05, 0) is 24.6 Å². The van der Waals surface area contributed by atoms with Crippen LogP contribution in [0.3, 0.4) is 0 Å². The van der Waals surface area contributed by atoms with E-state index in [0.29, 0.717) is 11.3 Å². The molecule has 0 atom stereocenters. The molecule has 0 heterocycles. The van der Waals surface area contributed by atoms with E-state index in [0.717, 1.165) is 18.7 Å². The summed E-state index contributed by atoms with van der Waals surface area (Å²) >= 11 is 0. The monoisotopic (exact) mass is 235 g/mol. The van der Waals surface area contributed by atoms with Crippen molar-refractivity contribution in [1.82, 2.24) is 0 Å². The van der Waals surface area contributed by atoms with Crippen LogP contribution in [0.5, 0.6) is 0 Å². The van der Waals surface area contributed by atoms with Gasteiger partial charge in [0.1, 0.15) is 0 Å². The zero-order chi connectivity index (χ0) is 12.7. The van der Waals surface area contributed by atoms with E-state index in [2.05, 4.69) is 12.2 Å². The van der Waals surface area contributed by atoms with Crippen LogP contribution in [0.1, 0.15) is 43.0 Å². The van der Waals surface area contributed by atoms with E-state index in [1.807, 2.05) is 0 Å². The molecule has 0 aliphatic rings. The van der Waals surface area contributed by atoms with Gasteiger partial charge in [0.05, 0.1) is 11.4 Å². The van der Waals surface area contributed by atoms with Gasteiger partial charge in [-0.15, -0.1) is 0 Å². The van der Waals surface area contributed by atoms with Crippen LogP contribution in [-0.4, -0.2) is 12.5 Å². The SMILES string of the molecule is CCCCCCNc1cc(C(N)=O)ccc1N. The molecule has 1 amide bonds. The maximum Gasteiger partial charge on any atom is 0.248 e. The average molecular weight is 235 g/mol. The zero-order valence-electron chi connectivity index (χ0n) is 10.3. The Morgan fingerprint density at radius 3 is 2.71 bits per heavy atom. The van der Waals surface area contributed by atoms with Crippen molar-refractivity contribution in [2.45, 2.75) is 32.6 Å². The Morgan fingerprint density at radius 2 is 2.06 bits per heavy atom. The fourth-order valence-electron chi connectivity index (χ4n) is 1.64. The molecule has 0 aliphatic carbocycles. The Labute approximate surface area is 102 Å². The van der Waals surface area contributed by atoms with Crippen molar-refractivity contribution in [2.75, 3.05) is 17.6 Å². The molecule has 0 aliphatic heterocycles. The summed E-state index contributed by atoms with van der Waals surface area (Å²) in [6.07, 6.45) is 4.78. The quantitative estimate of drug-likeness (QED) is 0.501. The lowest BCUT2D eigenvalue weighted by atomic mass is 10.1. The second-order valence-electron chi connectivity index (χ2n) is 4.15. The van der Waals surface area contributed by atoms with Crippen molar-refractivity contribution in [3.8, 4) is 0 Å². The van der Waals surface area contributed by atoms with E-state index >= 15 is 0 Å². The van der Waals surface area contributed by atoms with Crippen LogP contribution >= 0.6 is 0 Å². The summed E-state index contributed by atoms with van der Waals surface area (Å²) in [5.74, 6) is -0.431. The van der Waals surface area contributed by atoms with Crippen molar-refractivity contribution in [1.29, 1.82) is 0 Å². The number of rotatable bonds is 7. The standard InChI is InChI=1S/C13H21N3O/c1-2-3-4-5-8-16-12-9-10(13(15)17)6-7-11(12)14/h6-7,9,16H,2-5,8,14H2,1H3,(H2,15,17). The van der Waals surface area contributed by atoms with Crippen molar-refractivity contribution < 1.29 is 4.79 Å². The van der Waals surface area contributed by atoms with Gasteiger partial charge in [0.25, 0.3) is 0 Å². The molecule has 4 nitrogen and oxygen atoms in total. The lowest BCUT2D eigenvalue weighted by molar-refractivity contribution is 0.100. The first kappa shape index (κ1) is 13.4. The summed E-state index contributed by atoms with van der Waals surface area (Å²) in [6.45, 7) is 3.05. The van der Waals surface area contributed by atoms with Crippen molar-refractivity contribution in [3.63, 3.8) is 0 Å². The van der Waals surface area contributed by atoms with E-state index in [1.54, 1.807) is 18.2 Å². The molecule has 0 unspecified atom stereocenters. The fraction of sp³-hybridized carbons (Fsp3) is 0.462. The van der Waals surface area contributed by atoms with E-state index in [-0.39, 0.29) is 0 Å². The first-order chi connectivity index (χ1) is 8.15. The van der Waals surface area contributed by atoms with Crippen LogP contribution in [-0.2, 0) is 0 Å². The van der Waals surface area contributed by atoms with Gasteiger partial charge in [-0.25, -0.2) is 0 Å². The minimum absolute atomic E-state index is 0.431. The largest absolute Gasteiger partial charge is 0.397 e. The van der Waals surface area contributed by atoms with Crippen LogP contribution in [0.15, 0.2) is 18.2 Å². The first-order valence-corrected chi connectivity index (χ1v) is 6.08. The topological polar surface area (TPSA) is 81.1 Å². The molecule has 0 aromatic heterocycles. The Balaban J connectivity index is 2.51. The van der Waals surface area contributed by atoms with Crippen LogP contribution in [0, 0.1) is 0 Å². The average Bonchev–Trinajstić information content (AvgIpc) is 2.30. The third-order valence-electron chi connectivity index (χ3n) is 2.68. The molecule has 0 bridgehead atoms. The summed E-state index contributed by atoms with van der Waals surface area (Å²) in [5, 5.41) is 3.23. The highest BCUT2D eigenvalue weighted by molar-refractivity contribution is 5.94. The van der Waals surface area contributed by atoms with Gasteiger partial charge < -0.3 is 16.8 Å². The number of carbonyl (C=O) groups is 1. The van der Waals surface area contributed by atoms with E-state index in [4.69, 9.17) is 11.5 Å². The highest BCUT2D eigenvalue weighted by atomic mass is 16.1. The van der Waals surface area contributed by atoms with Crippen LogP contribution < -0.4 is 16.8 Å². The molecule has 1 rings (SSSR count). The molecule has 0 spiro atoms. The number of hydrogen-bond acceptors (Lipinski definition) is 3. The van der Waals surface area contributed by atoms with Gasteiger partial charge in [-0.3, -0.25) is 4.79 Å². The van der Waals surface area contributed by atoms with Crippen molar-refractivity contribution in [3.05, 3.63) is 23.8 Å². The molecule has 0 fully saturated rings. The molecular formula is C13H21N3O.